The molecule has 0 amide bonds. The van der Waals surface area contributed by atoms with E-state index < -0.39 is 0 Å². The van der Waals surface area contributed by atoms with Gasteiger partial charge in [-0.25, -0.2) is 0 Å². The highest BCUT2D eigenvalue weighted by Gasteiger charge is 2.30. The van der Waals surface area contributed by atoms with E-state index in [4.69, 9.17) is 9.47 Å². The quantitative estimate of drug-likeness (QED) is 0.672. The summed E-state index contributed by atoms with van der Waals surface area (Å²) < 4.78 is 10.2. The first-order valence-corrected chi connectivity index (χ1v) is 6.01. The fraction of sp³-hybridized carbons (Fsp3) is 0.833. The van der Waals surface area contributed by atoms with Crippen molar-refractivity contribution in [2.75, 3.05) is 6.61 Å². The van der Waals surface area contributed by atoms with Gasteiger partial charge in [-0.05, 0) is 31.6 Å². The average Bonchev–Trinajstić information content (AvgIpc) is 2.24. The Kier molecular flexibility index (Phi) is 3.46. The van der Waals surface area contributed by atoms with Crippen LogP contribution >= 0.6 is 0 Å². The minimum Gasteiger partial charge on any atom is -0.466 e. The van der Waals surface area contributed by atoms with Crippen LogP contribution < -0.4 is 0 Å². The lowest BCUT2D eigenvalue weighted by Gasteiger charge is -2.30. The predicted octanol–water partition coefficient (Wildman–Crippen LogP) is 1.67. The van der Waals surface area contributed by atoms with Crippen molar-refractivity contribution in [1.29, 1.82) is 0 Å². The molecule has 2 rings (SSSR count). The summed E-state index contributed by atoms with van der Waals surface area (Å²) in [6, 6.07) is 0. The summed E-state index contributed by atoms with van der Waals surface area (Å²) in [6.45, 7) is 2.41. The Hall–Kier alpha value is -1.06. The van der Waals surface area contributed by atoms with Crippen molar-refractivity contribution in [2.24, 2.45) is 11.8 Å². The molecule has 2 saturated heterocycles. The number of carbonyl (C=O) groups excluding carboxylic acids is 2. The van der Waals surface area contributed by atoms with Crippen molar-refractivity contribution in [3.05, 3.63) is 0 Å². The molecule has 0 radical (unpaired) electrons. The second kappa shape index (κ2) is 4.85. The summed E-state index contributed by atoms with van der Waals surface area (Å²) in [5.74, 6) is 0.154. The van der Waals surface area contributed by atoms with E-state index in [1.165, 1.54) is 0 Å². The number of hydrogen-bond acceptors (Lipinski definition) is 4. The van der Waals surface area contributed by atoms with Gasteiger partial charge in [0.05, 0.1) is 12.5 Å². The van der Waals surface area contributed by atoms with E-state index in [-0.39, 0.29) is 24.0 Å². The minimum absolute atomic E-state index is 0.0135. The first kappa shape index (κ1) is 11.4. The zero-order chi connectivity index (χ0) is 11.5. The molecule has 0 bridgehead atoms. The van der Waals surface area contributed by atoms with Crippen LogP contribution in [0.5, 0.6) is 0 Å². The largest absolute Gasteiger partial charge is 0.466 e. The van der Waals surface area contributed by atoms with Crippen molar-refractivity contribution < 1.29 is 19.1 Å². The summed E-state index contributed by atoms with van der Waals surface area (Å²) in [6.07, 6.45) is 4.03. The Morgan fingerprint density at radius 2 is 2.06 bits per heavy atom. The van der Waals surface area contributed by atoms with E-state index in [0.29, 0.717) is 18.9 Å². The van der Waals surface area contributed by atoms with Crippen LogP contribution in [0.15, 0.2) is 0 Å². The van der Waals surface area contributed by atoms with Crippen molar-refractivity contribution in [3.63, 3.8) is 0 Å². The van der Waals surface area contributed by atoms with Gasteiger partial charge in [-0.3, -0.25) is 9.59 Å². The summed E-state index contributed by atoms with van der Waals surface area (Å²) in [5.41, 5.74) is 0. The molecule has 0 aromatic carbocycles. The van der Waals surface area contributed by atoms with Gasteiger partial charge in [-0.2, -0.15) is 0 Å². The molecule has 2 aliphatic rings. The highest BCUT2D eigenvalue weighted by Crippen LogP contribution is 2.28. The highest BCUT2D eigenvalue weighted by molar-refractivity contribution is 5.73. The van der Waals surface area contributed by atoms with Crippen LogP contribution in [0, 0.1) is 11.8 Å². The maximum Gasteiger partial charge on any atom is 0.308 e. The fourth-order valence-corrected chi connectivity index (χ4v) is 2.37. The highest BCUT2D eigenvalue weighted by atomic mass is 16.5. The maximum absolute atomic E-state index is 11.4. The van der Waals surface area contributed by atoms with E-state index in [9.17, 15) is 9.59 Å². The standard InChI is InChI=1S/C12H18O4/c1-8-2-3-10(16-12(8)14)6-9-4-5-15-11(13)7-9/h8-10H,2-7H2,1H3. The van der Waals surface area contributed by atoms with Crippen LogP contribution in [-0.2, 0) is 19.1 Å². The van der Waals surface area contributed by atoms with Gasteiger partial charge < -0.3 is 9.47 Å². The summed E-state index contributed by atoms with van der Waals surface area (Å²) in [7, 11) is 0. The molecule has 4 heteroatoms. The Morgan fingerprint density at radius 1 is 1.25 bits per heavy atom. The molecule has 16 heavy (non-hydrogen) atoms. The summed E-state index contributed by atoms with van der Waals surface area (Å²) in [5, 5.41) is 0. The van der Waals surface area contributed by atoms with Gasteiger partial charge in [-0.15, -0.1) is 0 Å². The van der Waals surface area contributed by atoms with Crippen LogP contribution in [-0.4, -0.2) is 24.6 Å². The molecule has 0 saturated carbocycles. The third kappa shape index (κ3) is 2.74. The van der Waals surface area contributed by atoms with E-state index in [1.807, 2.05) is 6.92 Å². The van der Waals surface area contributed by atoms with Crippen LogP contribution in [0.1, 0.15) is 39.0 Å². The number of ether oxygens (including phenoxy) is 2. The molecule has 2 fully saturated rings. The third-order valence-corrected chi connectivity index (χ3v) is 3.45. The van der Waals surface area contributed by atoms with E-state index in [1.54, 1.807) is 0 Å². The fourth-order valence-electron chi connectivity index (χ4n) is 2.37. The van der Waals surface area contributed by atoms with Gasteiger partial charge >= 0.3 is 11.9 Å². The van der Waals surface area contributed by atoms with E-state index >= 15 is 0 Å². The molecule has 2 heterocycles. The normalized spacial score (nSPS) is 35.4. The molecular weight excluding hydrogens is 208 g/mol. The Morgan fingerprint density at radius 3 is 2.75 bits per heavy atom. The van der Waals surface area contributed by atoms with Crippen LogP contribution in [0.3, 0.4) is 0 Å². The number of esters is 2. The molecule has 3 unspecified atom stereocenters. The number of rotatable bonds is 2. The lowest BCUT2D eigenvalue weighted by Crippen LogP contribution is -2.32. The Balaban J connectivity index is 1.81. The Bertz CT molecular complexity index is 287. The molecule has 2 aliphatic heterocycles. The SMILES string of the molecule is CC1CCC(CC2CCOC(=O)C2)OC1=O. The van der Waals surface area contributed by atoms with Gasteiger partial charge in [0.1, 0.15) is 6.10 Å². The molecule has 0 aromatic heterocycles. The van der Waals surface area contributed by atoms with Crippen LogP contribution in [0.25, 0.3) is 0 Å². The molecular formula is C12H18O4. The van der Waals surface area contributed by atoms with E-state index in [2.05, 4.69) is 0 Å². The van der Waals surface area contributed by atoms with Gasteiger partial charge in [0, 0.05) is 6.42 Å². The zero-order valence-corrected chi connectivity index (χ0v) is 9.61. The van der Waals surface area contributed by atoms with Crippen molar-refractivity contribution >= 4 is 11.9 Å². The molecule has 4 nitrogen and oxygen atoms in total. The second-order valence-corrected chi connectivity index (χ2v) is 4.85. The van der Waals surface area contributed by atoms with E-state index in [0.717, 1.165) is 25.7 Å². The molecule has 3 atom stereocenters. The minimum atomic E-state index is -0.119. The van der Waals surface area contributed by atoms with Gasteiger partial charge in [0.2, 0.25) is 0 Å². The van der Waals surface area contributed by atoms with Crippen LogP contribution in [0.4, 0.5) is 0 Å². The predicted molar refractivity (Wildman–Crippen MR) is 56.6 cm³/mol. The lowest BCUT2D eigenvalue weighted by molar-refractivity contribution is -0.161. The van der Waals surface area contributed by atoms with Crippen molar-refractivity contribution in [3.8, 4) is 0 Å². The molecule has 0 spiro atoms. The number of cyclic esters (lactones) is 2. The lowest BCUT2D eigenvalue weighted by atomic mass is 9.89. The monoisotopic (exact) mass is 226 g/mol. The first-order chi connectivity index (χ1) is 7.65. The number of hydrogen-bond donors (Lipinski definition) is 0. The van der Waals surface area contributed by atoms with Gasteiger partial charge in [0.25, 0.3) is 0 Å². The van der Waals surface area contributed by atoms with Gasteiger partial charge in [0.15, 0.2) is 0 Å². The Labute approximate surface area is 95.3 Å². The zero-order valence-electron chi connectivity index (χ0n) is 9.61. The molecule has 90 valence electrons. The van der Waals surface area contributed by atoms with Crippen LogP contribution in [0.2, 0.25) is 0 Å². The topological polar surface area (TPSA) is 52.6 Å². The molecule has 0 aromatic rings. The second-order valence-electron chi connectivity index (χ2n) is 4.85. The first-order valence-electron chi connectivity index (χ1n) is 6.01. The average molecular weight is 226 g/mol. The maximum atomic E-state index is 11.4. The van der Waals surface area contributed by atoms with Crippen molar-refractivity contribution in [1.82, 2.24) is 0 Å². The molecule has 0 N–H and O–H groups in total. The van der Waals surface area contributed by atoms with Crippen molar-refractivity contribution in [2.45, 2.75) is 45.1 Å². The van der Waals surface area contributed by atoms with Gasteiger partial charge in [-0.1, -0.05) is 6.92 Å². The summed E-state index contributed by atoms with van der Waals surface area (Å²) >= 11 is 0. The third-order valence-electron chi connectivity index (χ3n) is 3.45. The smallest absolute Gasteiger partial charge is 0.308 e. The summed E-state index contributed by atoms with van der Waals surface area (Å²) in [4.78, 5) is 22.5. The number of carbonyl (C=O) groups is 2. The molecule has 0 aliphatic carbocycles.